The second kappa shape index (κ2) is 10.5. The van der Waals surface area contributed by atoms with Crippen molar-refractivity contribution in [1.29, 1.82) is 0 Å². The lowest BCUT2D eigenvalue weighted by atomic mass is 9.98. The van der Waals surface area contributed by atoms with Gasteiger partial charge >= 0.3 is 13.3 Å². The Bertz CT molecular complexity index is 1690. The Hall–Kier alpha value is -3.67. The lowest BCUT2D eigenvalue weighted by Crippen LogP contribution is -2.60. The van der Waals surface area contributed by atoms with Crippen molar-refractivity contribution in [2.45, 2.75) is 61.9 Å². The van der Waals surface area contributed by atoms with Crippen LogP contribution in [0, 0.1) is 11.8 Å². The van der Waals surface area contributed by atoms with Crippen molar-refractivity contribution < 1.29 is 37.5 Å². The Kier molecular flexibility index (Phi) is 6.91. The van der Waals surface area contributed by atoms with E-state index >= 15 is 0 Å². The number of aromatic nitrogens is 2. The normalized spacial score (nSPS) is 27.3. The number of rotatable bonds is 6. The minimum Gasteiger partial charge on any atom is -0.340 e. The highest BCUT2D eigenvalue weighted by atomic mass is 31.2. The fourth-order valence-electron chi connectivity index (χ4n) is 7.14. The number of carbonyl (C=O) groups is 3. The highest BCUT2D eigenvalue weighted by Gasteiger charge is 2.53. The maximum atomic E-state index is 14.4. The van der Waals surface area contributed by atoms with Crippen LogP contribution < -0.4 is 5.32 Å². The summed E-state index contributed by atoms with van der Waals surface area (Å²) in [6.07, 6.45) is 8.88. The molecule has 1 saturated carbocycles. The van der Waals surface area contributed by atoms with Crippen LogP contribution in [0.25, 0.3) is 10.8 Å². The summed E-state index contributed by atoms with van der Waals surface area (Å²) < 4.78 is 42.1. The number of hydrogen-bond donors (Lipinski definition) is 3. The Balaban J connectivity index is 1.09. The van der Waals surface area contributed by atoms with Crippen molar-refractivity contribution in [3.63, 3.8) is 0 Å². The molecule has 11 nitrogen and oxygen atoms in total. The van der Waals surface area contributed by atoms with Gasteiger partial charge < -0.3 is 29.5 Å². The first kappa shape index (κ1) is 29.1. The van der Waals surface area contributed by atoms with Gasteiger partial charge in [0, 0.05) is 42.7 Å². The van der Waals surface area contributed by atoms with Crippen LogP contribution in [0.2, 0.25) is 0 Å². The van der Waals surface area contributed by atoms with Crippen molar-refractivity contribution in [3.05, 3.63) is 66.2 Å². The number of fused-ring (bicyclic) bond motifs is 3. The molecule has 0 bridgehead atoms. The number of amides is 3. The summed E-state index contributed by atoms with van der Waals surface area (Å²) in [5, 5.41) is 3.56. The van der Waals surface area contributed by atoms with Crippen LogP contribution >= 0.6 is 7.60 Å². The van der Waals surface area contributed by atoms with E-state index in [2.05, 4.69) is 10.3 Å². The molecule has 14 heteroatoms. The number of likely N-dealkylation sites (tertiary alicyclic amines) is 1. The molecule has 1 aliphatic carbocycles. The molecule has 4 fully saturated rings. The monoisotopic (exact) mass is 627 g/mol. The van der Waals surface area contributed by atoms with Gasteiger partial charge in [0.2, 0.25) is 11.8 Å². The first-order chi connectivity index (χ1) is 20.9. The van der Waals surface area contributed by atoms with Crippen molar-refractivity contribution in [2.24, 2.45) is 11.8 Å². The zero-order valence-electron chi connectivity index (χ0n) is 23.6. The summed E-state index contributed by atoms with van der Waals surface area (Å²) in [5.41, 5.74) is -5.13. The number of carbonyl (C=O) groups excluding carboxylic acids is 3. The molecule has 3 aliphatic heterocycles. The van der Waals surface area contributed by atoms with E-state index in [1.54, 1.807) is 28.4 Å². The number of nitrogens with one attached hydrogen (secondary N) is 1. The third-order valence-electron chi connectivity index (χ3n) is 9.76. The summed E-state index contributed by atoms with van der Waals surface area (Å²) in [7, 11) is -5.77. The van der Waals surface area contributed by atoms with Crippen molar-refractivity contribution in [1.82, 2.24) is 24.7 Å². The maximum Gasteiger partial charge on any atom is 0.399 e. The Labute approximate surface area is 251 Å². The molecule has 4 heterocycles. The van der Waals surface area contributed by atoms with Crippen molar-refractivity contribution in [3.8, 4) is 0 Å². The van der Waals surface area contributed by atoms with E-state index in [1.807, 2.05) is 10.8 Å². The van der Waals surface area contributed by atoms with Gasteiger partial charge in [-0.2, -0.15) is 8.78 Å². The Morgan fingerprint density at radius 2 is 1.73 bits per heavy atom. The molecule has 4 aliphatic rings. The van der Waals surface area contributed by atoms with Crippen molar-refractivity contribution in [2.75, 3.05) is 13.1 Å². The van der Waals surface area contributed by atoms with Crippen LogP contribution in [0.3, 0.4) is 0 Å². The molecule has 5 atom stereocenters. The van der Waals surface area contributed by atoms with Gasteiger partial charge in [-0.3, -0.25) is 18.9 Å². The quantitative estimate of drug-likeness (QED) is 0.356. The highest BCUT2D eigenvalue weighted by molar-refractivity contribution is 7.52. The summed E-state index contributed by atoms with van der Waals surface area (Å²) in [6.45, 7) is 1.10. The molecule has 7 rings (SSSR count). The van der Waals surface area contributed by atoms with Crippen LogP contribution in [0.4, 0.5) is 8.78 Å². The van der Waals surface area contributed by atoms with Gasteiger partial charge in [0.25, 0.3) is 5.91 Å². The van der Waals surface area contributed by atoms with Gasteiger partial charge in [0.05, 0.1) is 12.4 Å². The lowest BCUT2D eigenvalue weighted by molar-refractivity contribution is -0.150. The van der Waals surface area contributed by atoms with Crippen LogP contribution in [-0.2, 0) is 19.8 Å². The molecular formula is C30H32F2N5O6P. The topological polar surface area (TPSA) is 145 Å². The molecule has 0 unspecified atom stereocenters. The van der Waals surface area contributed by atoms with Crippen LogP contribution in [0.15, 0.2) is 55.1 Å². The second-order valence-corrected chi connectivity index (χ2v) is 14.2. The van der Waals surface area contributed by atoms with Gasteiger partial charge in [-0.25, -0.2) is 4.98 Å². The molecule has 3 amide bonds. The number of halogens is 2. The highest BCUT2D eigenvalue weighted by Crippen LogP contribution is 2.59. The molecule has 2 aromatic carbocycles. The second-order valence-electron chi connectivity index (χ2n) is 12.5. The van der Waals surface area contributed by atoms with Gasteiger partial charge in [-0.15, -0.1) is 0 Å². The van der Waals surface area contributed by atoms with Gasteiger partial charge in [0.1, 0.15) is 12.1 Å². The molecule has 232 valence electrons. The summed E-state index contributed by atoms with van der Waals surface area (Å²) in [4.78, 5) is 66.9. The molecule has 0 radical (unpaired) electrons. The SMILES string of the molecule is O=C(N[C@H]1C[C@@H]2C[C@@H]2C[C@H]2CC[C@@H](C(=O)N3CC(n4ccnc4)C3)N2C1=O)c1ccc2ccc(C(F)(F)P(=O)(O)O)cc2c1. The van der Waals surface area contributed by atoms with E-state index < -0.39 is 36.8 Å². The van der Waals surface area contributed by atoms with E-state index in [-0.39, 0.29) is 34.8 Å². The van der Waals surface area contributed by atoms with E-state index in [1.165, 1.54) is 18.2 Å². The van der Waals surface area contributed by atoms with Crippen molar-refractivity contribution >= 4 is 36.1 Å². The zero-order chi connectivity index (χ0) is 31.0. The van der Waals surface area contributed by atoms with Gasteiger partial charge in [0.15, 0.2) is 0 Å². The smallest absolute Gasteiger partial charge is 0.340 e. The fourth-order valence-corrected chi connectivity index (χ4v) is 7.61. The van der Waals surface area contributed by atoms with Crippen LogP contribution in [0.5, 0.6) is 0 Å². The average molecular weight is 628 g/mol. The van der Waals surface area contributed by atoms with Crippen LogP contribution in [-0.4, -0.2) is 78.1 Å². The molecule has 44 heavy (non-hydrogen) atoms. The summed E-state index contributed by atoms with van der Waals surface area (Å²) >= 11 is 0. The predicted molar refractivity (Wildman–Crippen MR) is 153 cm³/mol. The molecular weight excluding hydrogens is 595 g/mol. The molecule has 0 spiro atoms. The third-order valence-corrected chi connectivity index (χ3v) is 10.8. The number of alkyl halides is 2. The largest absolute Gasteiger partial charge is 0.399 e. The minimum atomic E-state index is -5.77. The predicted octanol–water partition coefficient (Wildman–Crippen LogP) is 3.23. The van der Waals surface area contributed by atoms with E-state index in [0.29, 0.717) is 43.2 Å². The van der Waals surface area contributed by atoms with E-state index in [0.717, 1.165) is 31.4 Å². The Morgan fingerprint density at radius 1 is 0.977 bits per heavy atom. The molecule has 1 aromatic heterocycles. The first-order valence-electron chi connectivity index (χ1n) is 14.8. The lowest BCUT2D eigenvalue weighted by Gasteiger charge is -2.43. The number of nitrogens with zero attached hydrogens (tertiary/aromatic N) is 4. The summed E-state index contributed by atoms with van der Waals surface area (Å²) in [5.74, 6) is -0.178. The molecule has 3 N–H and O–H groups in total. The third kappa shape index (κ3) is 5.00. The Morgan fingerprint density at radius 3 is 2.45 bits per heavy atom. The minimum absolute atomic E-state index is 0.0633. The number of imidazole rings is 1. The zero-order valence-corrected chi connectivity index (χ0v) is 24.5. The number of hydrogen-bond acceptors (Lipinski definition) is 5. The van der Waals surface area contributed by atoms with Crippen LogP contribution in [0.1, 0.15) is 54.1 Å². The van der Waals surface area contributed by atoms with E-state index in [9.17, 15) is 27.7 Å². The number of benzene rings is 2. The molecule has 3 saturated heterocycles. The average Bonchev–Trinajstić information content (AvgIpc) is 3.30. The standard InChI is InChI=1S/C30H32F2N5O6P/c31-30(32,44(41,42)43)22-4-3-17-1-2-18(9-19(17)11-22)27(38)34-25-13-21-10-20(21)12-23-5-6-26(37(23)28(25)39)29(40)36-14-24(15-36)35-8-7-33-16-35/h1-4,7-9,11,16,20-21,23-26H,5-6,10,12-15H2,(H,34,38)(H2,41,42,43)/t20-,21+,23-,25+,26+/m1/s1. The maximum absolute atomic E-state index is 14.4. The molecule has 3 aromatic rings. The van der Waals surface area contributed by atoms with Gasteiger partial charge in [-0.05, 0) is 72.9 Å². The first-order valence-corrected chi connectivity index (χ1v) is 16.4. The van der Waals surface area contributed by atoms with Gasteiger partial charge in [-0.1, -0.05) is 18.2 Å². The fraction of sp³-hybridized carbons (Fsp3) is 0.467. The summed E-state index contributed by atoms with van der Waals surface area (Å²) in [6, 6.07) is 6.30. The van der Waals surface area contributed by atoms with E-state index in [4.69, 9.17) is 9.79 Å².